The highest BCUT2D eigenvalue weighted by molar-refractivity contribution is 6.32. The molecule has 170 valence electrons. The molecule has 0 unspecified atom stereocenters. The van der Waals surface area contributed by atoms with Gasteiger partial charge in [-0.1, -0.05) is 13.0 Å². The Balaban J connectivity index is 1.68. The van der Waals surface area contributed by atoms with Gasteiger partial charge in [-0.05, 0) is 36.4 Å². The Morgan fingerprint density at radius 2 is 1.88 bits per heavy atom. The molecule has 1 aliphatic heterocycles. The van der Waals surface area contributed by atoms with Crippen molar-refractivity contribution in [2.75, 3.05) is 17.3 Å². The number of imide groups is 2. The van der Waals surface area contributed by atoms with E-state index < -0.39 is 29.7 Å². The number of urea groups is 1. The van der Waals surface area contributed by atoms with Gasteiger partial charge in [-0.25, -0.2) is 15.1 Å². The summed E-state index contributed by atoms with van der Waals surface area (Å²) in [6.07, 6.45) is 1.27. The van der Waals surface area contributed by atoms with Crippen LogP contribution in [0.3, 0.4) is 0 Å². The Morgan fingerprint density at radius 3 is 2.55 bits per heavy atom. The zero-order valence-corrected chi connectivity index (χ0v) is 17.8. The molecule has 2 aromatic carbocycles. The number of nitrogens with one attached hydrogen (secondary N) is 3. The first kappa shape index (κ1) is 23.1. The Labute approximate surface area is 188 Å². The highest BCUT2D eigenvalue weighted by atomic mass is 16.5. The summed E-state index contributed by atoms with van der Waals surface area (Å²) in [6, 6.07) is 11.4. The van der Waals surface area contributed by atoms with Gasteiger partial charge in [0.2, 0.25) is 11.8 Å². The fourth-order valence-corrected chi connectivity index (χ4v) is 2.91. The number of barbiturate groups is 1. The number of amides is 6. The SMILES string of the molecule is CCC(=O)Nc1ccc(C(=O)N/N=C\[C@@H]2C(=O)NC(=O)N(c3cccc(OC)c3)C2=O)cc1. The van der Waals surface area contributed by atoms with E-state index in [0.717, 1.165) is 11.1 Å². The van der Waals surface area contributed by atoms with Crippen molar-refractivity contribution in [3.05, 3.63) is 54.1 Å². The lowest BCUT2D eigenvalue weighted by molar-refractivity contribution is -0.131. The zero-order chi connectivity index (χ0) is 24.0. The van der Waals surface area contributed by atoms with Crippen LogP contribution in [0.1, 0.15) is 23.7 Å². The Kier molecular flexibility index (Phi) is 7.13. The molecule has 6 amide bonds. The monoisotopic (exact) mass is 451 g/mol. The number of carbonyl (C=O) groups is 5. The molecule has 2 aromatic rings. The molecule has 0 bridgehead atoms. The standard InChI is InChI=1S/C22H21N5O6/c1-3-18(28)24-14-9-7-13(8-10-14)19(29)26-23-12-17-20(30)25-22(32)27(21(17)31)15-5-4-6-16(11-15)33-2/h4-12,17H,3H2,1-2H3,(H,24,28)(H,26,29)(H,25,30,32)/b23-12-/t17-/m1/s1. The number of hydrazone groups is 1. The molecule has 33 heavy (non-hydrogen) atoms. The van der Waals surface area contributed by atoms with Gasteiger partial charge < -0.3 is 10.1 Å². The second kappa shape index (κ2) is 10.2. The number of nitrogens with zero attached hydrogens (tertiary/aromatic N) is 2. The lowest BCUT2D eigenvalue weighted by Gasteiger charge is -2.28. The van der Waals surface area contributed by atoms with Crippen molar-refractivity contribution >= 4 is 47.2 Å². The first-order chi connectivity index (χ1) is 15.8. The lowest BCUT2D eigenvalue weighted by atomic mass is 10.1. The van der Waals surface area contributed by atoms with Crippen LogP contribution in [0.5, 0.6) is 5.75 Å². The molecule has 0 radical (unpaired) electrons. The van der Waals surface area contributed by atoms with Crippen molar-refractivity contribution in [2.45, 2.75) is 13.3 Å². The van der Waals surface area contributed by atoms with E-state index in [9.17, 15) is 24.0 Å². The van der Waals surface area contributed by atoms with Gasteiger partial charge >= 0.3 is 6.03 Å². The molecule has 0 saturated carbocycles. The van der Waals surface area contributed by atoms with E-state index >= 15 is 0 Å². The largest absolute Gasteiger partial charge is 0.497 e. The Bertz CT molecular complexity index is 1130. The number of methoxy groups -OCH3 is 1. The van der Waals surface area contributed by atoms with Crippen molar-refractivity contribution in [3.63, 3.8) is 0 Å². The molecule has 0 aliphatic carbocycles. The Morgan fingerprint density at radius 1 is 1.15 bits per heavy atom. The fourth-order valence-electron chi connectivity index (χ4n) is 2.91. The summed E-state index contributed by atoms with van der Waals surface area (Å²) in [5.41, 5.74) is 3.22. The van der Waals surface area contributed by atoms with E-state index in [2.05, 4.69) is 21.2 Å². The molecule has 1 saturated heterocycles. The zero-order valence-electron chi connectivity index (χ0n) is 17.8. The van der Waals surface area contributed by atoms with Gasteiger partial charge in [0.05, 0.1) is 12.8 Å². The van der Waals surface area contributed by atoms with Crippen LogP contribution in [0.15, 0.2) is 53.6 Å². The summed E-state index contributed by atoms with van der Waals surface area (Å²) in [6.45, 7) is 1.72. The van der Waals surface area contributed by atoms with Gasteiger partial charge in [0.25, 0.3) is 11.8 Å². The van der Waals surface area contributed by atoms with E-state index in [1.165, 1.54) is 31.4 Å². The molecule has 0 spiro atoms. The first-order valence-electron chi connectivity index (χ1n) is 9.90. The van der Waals surface area contributed by atoms with Crippen LogP contribution >= 0.6 is 0 Å². The first-order valence-corrected chi connectivity index (χ1v) is 9.90. The number of hydrogen-bond acceptors (Lipinski definition) is 7. The van der Waals surface area contributed by atoms with Crippen molar-refractivity contribution < 1.29 is 28.7 Å². The van der Waals surface area contributed by atoms with Crippen LogP contribution < -0.4 is 25.7 Å². The molecule has 1 heterocycles. The van der Waals surface area contributed by atoms with Crippen LogP contribution in [-0.2, 0) is 14.4 Å². The maximum Gasteiger partial charge on any atom is 0.335 e. The fraction of sp³-hybridized carbons (Fsp3) is 0.182. The summed E-state index contributed by atoms with van der Waals surface area (Å²) >= 11 is 0. The van der Waals surface area contributed by atoms with Crippen LogP contribution in [0.2, 0.25) is 0 Å². The molecule has 3 rings (SSSR count). The molecule has 1 fully saturated rings. The number of hydrogen-bond donors (Lipinski definition) is 3. The lowest BCUT2D eigenvalue weighted by Crippen LogP contribution is -2.58. The number of rotatable bonds is 7. The van der Waals surface area contributed by atoms with Gasteiger partial charge in [-0.15, -0.1) is 0 Å². The molecule has 1 aliphatic rings. The number of anilines is 2. The summed E-state index contributed by atoms with van der Waals surface area (Å²) in [5, 5.41) is 8.45. The number of benzene rings is 2. The van der Waals surface area contributed by atoms with Crippen molar-refractivity contribution in [2.24, 2.45) is 11.0 Å². The van der Waals surface area contributed by atoms with Gasteiger partial charge in [0.15, 0.2) is 5.92 Å². The van der Waals surface area contributed by atoms with Crippen LogP contribution in [0, 0.1) is 5.92 Å². The van der Waals surface area contributed by atoms with E-state index in [4.69, 9.17) is 4.74 Å². The van der Waals surface area contributed by atoms with Gasteiger partial charge in [0, 0.05) is 30.0 Å². The van der Waals surface area contributed by atoms with E-state index in [1.807, 2.05) is 0 Å². The van der Waals surface area contributed by atoms with Crippen LogP contribution in [0.4, 0.5) is 16.2 Å². The molecule has 1 atom stereocenters. The third-order valence-electron chi connectivity index (χ3n) is 4.66. The molecular weight excluding hydrogens is 430 g/mol. The van der Waals surface area contributed by atoms with Crippen molar-refractivity contribution in [1.82, 2.24) is 10.7 Å². The van der Waals surface area contributed by atoms with Gasteiger partial charge in [0.1, 0.15) is 5.75 Å². The molecule has 11 heteroatoms. The topological polar surface area (TPSA) is 146 Å². The number of carbonyl (C=O) groups excluding carboxylic acids is 5. The highest BCUT2D eigenvalue weighted by Gasteiger charge is 2.40. The minimum atomic E-state index is -1.43. The quantitative estimate of drug-likeness (QED) is 0.331. The Hall–Kier alpha value is -4.54. The molecular formula is C22H21N5O6. The number of ether oxygens (including phenoxy) is 1. The average molecular weight is 451 g/mol. The van der Waals surface area contributed by atoms with Crippen molar-refractivity contribution in [1.29, 1.82) is 0 Å². The molecule has 11 nitrogen and oxygen atoms in total. The normalized spacial score (nSPS) is 15.9. The van der Waals surface area contributed by atoms with Gasteiger partial charge in [-0.3, -0.25) is 24.5 Å². The van der Waals surface area contributed by atoms with Crippen LogP contribution in [-0.4, -0.2) is 43.0 Å². The van der Waals surface area contributed by atoms with Crippen molar-refractivity contribution in [3.8, 4) is 5.75 Å². The predicted molar refractivity (Wildman–Crippen MR) is 119 cm³/mol. The third kappa shape index (κ3) is 5.39. The maximum atomic E-state index is 12.8. The molecule has 3 N–H and O–H groups in total. The smallest absolute Gasteiger partial charge is 0.335 e. The van der Waals surface area contributed by atoms with Crippen LogP contribution in [0.25, 0.3) is 0 Å². The maximum absolute atomic E-state index is 12.8. The summed E-state index contributed by atoms with van der Waals surface area (Å²) < 4.78 is 5.10. The minimum Gasteiger partial charge on any atom is -0.497 e. The van der Waals surface area contributed by atoms with E-state index in [0.29, 0.717) is 17.9 Å². The summed E-state index contributed by atoms with van der Waals surface area (Å²) in [4.78, 5) is 61.7. The van der Waals surface area contributed by atoms with E-state index in [-0.39, 0.29) is 17.2 Å². The minimum absolute atomic E-state index is 0.159. The predicted octanol–water partition coefficient (Wildman–Crippen LogP) is 1.66. The second-order valence-corrected chi connectivity index (χ2v) is 6.85. The molecule has 0 aromatic heterocycles. The highest BCUT2D eigenvalue weighted by Crippen LogP contribution is 2.24. The second-order valence-electron chi connectivity index (χ2n) is 6.85. The summed E-state index contributed by atoms with van der Waals surface area (Å²) in [7, 11) is 1.44. The van der Waals surface area contributed by atoms with E-state index in [1.54, 1.807) is 31.2 Å². The summed E-state index contributed by atoms with van der Waals surface area (Å²) in [5.74, 6) is -3.45. The van der Waals surface area contributed by atoms with Gasteiger partial charge in [-0.2, -0.15) is 5.10 Å². The third-order valence-corrected chi connectivity index (χ3v) is 4.66. The average Bonchev–Trinajstić information content (AvgIpc) is 2.81.